The molecular formula is C18H32O4. The predicted molar refractivity (Wildman–Crippen MR) is 83.4 cm³/mol. The van der Waals surface area contributed by atoms with Gasteiger partial charge >= 0.3 is 0 Å². The van der Waals surface area contributed by atoms with Crippen LogP contribution in [0.5, 0.6) is 0 Å². The first-order valence-corrected chi connectivity index (χ1v) is 8.82. The Labute approximate surface area is 134 Å². The zero-order chi connectivity index (χ0) is 16.2. The molecule has 0 aromatic heterocycles. The Kier molecular flexibility index (Phi) is 3.92. The van der Waals surface area contributed by atoms with Crippen molar-refractivity contribution in [2.75, 3.05) is 0 Å². The van der Waals surface area contributed by atoms with E-state index in [2.05, 4.69) is 41.5 Å². The molecule has 2 saturated carbocycles. The highest BCUT2D eigenvalue weighted by Crippen LogP contribution is 2.54. The molecule has 0 amide bonds. The second-order valence-corrected chi connectivity index (χ2v) is 9.52. The Morgan fingerprint density at radius 2 is 0.955 bits per heavy atom. The van der Waals surface area contributed by atoms with Crippen molar-refractivity contribution >= 4 is 0 Å². The maximum atomic E-state index is 5.96. The van der Waals surface area contributed by atoms with Gasteiger partial charge in [-0.25, -0.2) is 0 Å². The minimum absolute atomic E-state index is 0.182. The molecule has 0 aromatic carbocycles. The Morgan fingerprint density at radius 3 is 1.27 bits per heavy atom. The standard InChI is InChI=1S/C18H32O4/c1-13-7-9-15(3,4)11-17(13)19-21-18(22-20-17)12-16(5,6)10-8-14(18)2/h13-14H,7-12H2,1-6H3. The molecule has 128 valence electrons. The molecule has 2 aliphatic carbocycles. The van der Waals surface area contributed by atoms with E-state index in [-0.39, 0.29) is 22.7 Å². The summed E-state index contributed by atoms with van der Waals surface area (Å²) < 4.78 is 0. The van der Waals surface area contributed by atoms with Crippen LogP contribution in [0.15, 0.2) is 0 Å². The summed E-state index contributed by atoms with van der Waals surface area (Å²) in [6, 6.07) is 0. The van der Waals surface area contributed by atoms with E-state index in [1.54, 1.807) is 0 Å². The Morgan fingerprint density at radius 1 is 0.636 bits per heavy atom. The zero-order valence-electron chi connectivity index (χ0n) is 15.0. The highest BCUT2D eigenvalue weighted by atomic mass is 17.4. The second kappa shape index (κ2) is 5.17. The van der Waals surface area contributed by atoms with Crippen LogP contribution in [0.3, 0.4) is 0 Å². The maximum Gasteiger partial charge on any atom is 0.237 e. The molecule has 0 bridgehead atoms. The van der Waals surface area contributed by atoms with Crippen molar-refractivity contribution in [1.29, 1.82) is 0 Å². The number of hydrogen-bond acceptors (Lipinski definition) is 4. The minimum atomic E-state index is -0.756. The lowest BCUT2D eigenvalue weighted by Gasteiger charge is -2.54. The van der Waals surface area contributed by atoms with Crippen LogP contribution in [-0.2, 0) is 19.6 Å². The van der Waals surface area contributed by atoms with Crippen molar-refractivity contribution in [3.8, 4) is 0 Å². The van der Waals surface area contributed by atoms with Crippen LogP contribution in [0.1, 0.15) is 80.1 Å². The van der Waals surface area contributed by atoms with Gasteiger partial charge in [0.05, 0.1) is 0 Å². The smallest absolute Gasteiger partial charge is 0.195 e. The van der Waals surface area contributed by atoms with Crippen molar-refractivity contribution < 1.29 is 19.6 Å². The quantitative estimate of drug-likeness (QED) is 0.591. The van der Waals surface area contributed by atoms with Gasteiger partial charge in [0.2, 0.25) is 11.6 Å². The lowest BCUT2D eigenvalue weighted by Crippen LogP contribution is -2.60. The molecule has 1 heterocycles. The summed E-state index contributed by atoms with van der Waals surface area (Å²) in [7, 11) is 0. The molecule has 2 atom stereocenters. The van der Waals surface area contributed by atoms with Gasteiger partial charge in [-0.05, 0) is 36.5 Å². The molecule has 22 heavy (non-hydrogen) atoms. The highest BCUT2D eigenvalue weighted by Gasteiger charge is 2.59. The summed E-state index contributed by atoms with van der Waals surface area (Å²) in [5, 5.41) is 0. The first-order valence-electron chi connectivity index (χ1n) is 8.82. The fourth-order valence-electron chi connectivity index (χ4n) is 4.27. The van der Waals surface area contributed by atoms with Crippen molar-refractivity contribution in [1.82, 2.24) is 0 Å². The van der Waals surface area contributed by atoms with Gasteiger partial charge < -0.3 is 0 Å². The van der Waals surface area contributed by atoms with Crippen molar-refractivity contribution in [3.63, 3.8) is 0 Å². The summed E-state index contributed by atoms with van der Waals surface area (Å²) >= 11 is 0. The van der Waals surface area contributed by atoms with Gasteiger partial charge in [-0.3, -0.25) is 0 Å². The average Bonchev–Trinajstić information content (AvgIpc) is 2.42. The molecule has 2 spiro atoms. The molecule has 0 radical (unpaired) electrons. The summed E-state index contributed by atoms with van der Waals surface area (Å²) in [6.07, 6.45) is 6.08. The van der Waals surface area contributed by atoms with Crippen LogP contribution in [0.25, 0.3) is 0 Å². The van der Waals surface area contributed by atoms with E-state index in [4.69, 9.17) is 19.6 Å². The van der Waals surface area contributed by atoms with Crippen molar-refractivity contribution in [2.24, 2.45) is 22.7 Å². The zero-order valence-corrected chi connectivity index (χ0v) is 15.0. The fraction of sp³-hybridized carbons (Fsp3) is 1.00. The third kappa shape index (κ3) is 2.83. The van der Waals surface area contributed by atoms with Gasteiger partial charge in [-0.2, -0.15) is 19.6 Å². The molecule has 1 saturated heterocycles. The molecule has 3 rings (SSSR count). The number of rotatable bonds is 0. The van der Waals surface area contributed by atoms with E-state index in [1.165, 1.54) is 12.8 Å². The van der Waals surface area contributed by atoms with E-state index < -0.39 is 11.6 Å². The topological polar surface area (TPSA) is 36.9 Å². The highest BCUT2D eigenvalue weighted by molar-refractivity contribution is 4.93. The fourth-order valence-corrected chi connectivity index (χ4v) is 4.27. The summed E-state index contributed by atoms with van der Waals surface area (Å²) in [4.78, 5) is 23.9. The van der Waals surface area contributed by atoms with Crippen LogP contribution in [0.2, 0.25) is 0 Å². The van der Waals surface area contributed by atoms with E-state index in [0.717, 1.165) is 25.7 Å². The predicted octanol–water partition coefficient (Wildman–Crippen LogP) is 4.98. The molecular weight excluding hydrogens is 280 g/mol. The monoisotopic (exact) mass is 312 g/mol. The normalized spacial score (nSPS) is 47.7. The molecule has 3 fully saturated rings. The lowest BCUT2D eigenvalue weighted by molar-refractivity contribution is -0.678. The third-order valence-electron chi connectivity index (χ3n) is 6.11. The van der Waals surface area contributed by atoms with Crippen LogP contribution in [0, 0.1) is 22.7 Å². The Hall–Kier alpha value is -0.160. The average molecular weight is 312 g/mol. The summed E-state index contributed by atoms with van der Waals surface area (Å²) in [5.74, 6) is -0.975. The van der Waals surface area contributed by atoms with Crippen LogP contribution < -0.4 is 0 Å². The minimum Gasteiger partial charge on any atom is -0.195 e. The lowest BCUT2D eigenvalue weighted by atomic mass is 9.69. The van der Waals surface area contributed by atoms with Crippen molar-refractivity contribution in [3.05, 3.63) is 0 Å². The first-order chi connectivity index (χ1) is 10.1. The van der Waals surface area contributed by atoms with Gasteiger partial charge in [0, 0.05) is 24.7 Å². The molecule has 4 nitrogen and oxygen atoms in total. The first kappa shape index (κ1) is 16.7. The molecule has 0 aromatic rings. The van der Waals surface area contributed by atoms with E-state index in [9.17, 15) is 0 Å². The van der Waals surface area contributed by atoms with Gasteiger partial charge in [-0.15, -0.1) is 0 Å². The summed E-state index contributed by atoms with van der Waals surface area (Å²) in [5.41, 5.74) is 0.363. The summed E-state index contributed by atoms with van der Waals surface area (Å²) in [6.45, 7) is 13.3. The van der Waals surface area contributed by atoms with Crippen LogP contribution in [0.4, 0.5) is 0 Å². The molecule has 4 heteroatoms. The van der Waals surface area contributed by atoms with Crippen LogP contribution in [-0.4, -0.2) is 11.6 Å². The molecule has 1 aliphatic heterocycles. The van der Waals surface area contributed by atoms with E-state index in [1.807, 2.05) is 0 Å². The maximum absolute atomic E-state index is 5.96. The van der Waals surface area contributed by atoms with E-state index >= 15 is 0 Å². The molecule has 2 unspecified atom stereocenters. The van der Waals surface area contributed by atoms with Crippen LogP contribution >= 0.6 is 0 Å². The third-order valence-corrected chi connectivity index (χ3v) is 6.11. The second-order valence-electron chi connectivity index (χ2n) is 9.52. The Bertz CT molecular complexity index is 381. The van der Waals surface area contributed by atoms with Gasteiger partial charge in [-0.1, -0.05) is 41.5 Å². The number of hydrogen-bond donors (Lipinski definition) is 0. The largest absolute Gasteiger partial charge is 0.237 e. The molecule has 0 N–H and O–H groups in total. The molecule has 3 aliphatic rings. The Balaban J connectivity index is 1.76. The SMILES string of the molecule is CC1CCC(C)(C)CC12OOC1(CC(C)(C)CCC1C)OO2. The van der Waals surface area contributed by atoms with E-state index in [0.29, 0.717) is 0 Å². The van der Waals surface area contributed by atoms with Gasteiger partial charge in [0.25, 0.3) is 0 Å². The van der Waals surface area contributed by atoms with Gasteiger partial charge in [0.15, 0.2) is 0 Å². The van der Waals surface area contributed by atoms with Crippen molar-refractivity contribution in [2.45, 2.75) is 91.6 Å². The van der Waals surface area contributed by atoms with Gasteiger partial charge in [0.1, 0.15) is 0 Å².